The quantitative estimate of drug-likeness (QED) is 0.401. The number of rotatable bonds is 11. The summed E-state index contributed by atoms with van der Waals surface area (Å²) in [4.78, 5) is 5.03. The Hall–Kier alpha value is -1.51. The van der Waals surface area contributed by atoms with E-state index in [0.29, 0.717) is 6.04 Å². The van der Waals surface area contributed by atoms with Crippen LogP contribution in [0.1, 0.15) is 46.5 Å². The molecule has 1 unspecified atom stereocenters. The maximum Gasteiger partial charge on any atom is 0.0411 e. The van der Waals surface area contributed by atoms with Crippen molar-refractivity contribution in [2.45, 2.75) is 52.5 Å². The van der Waals surface area contributed by atoms with E-state index >= 15 is 0 Å². The minimum atomic E-state index is 0.677. The maximum absolute atomic E-state index is 6.07. The van der Waals surface area contributed by atoms with Gasteiger partial charge in [-0.1, -0.05) is 43.6 Å². The fraction of sp³-hybridized carbons (Fsp3) is 0.478. The first-order chi connectivity index (χ1) is 12.7. The van der Waals surface area contributed by atoms with Gasteiger partial charge in [0.25, 0.3) is 0 Å². The largest absolute Gasteiger partial charge is 0.341 e. The molecule has 0 aliphatic rings. The minimum Gasteiger partial charge on any atom is -0.341 e. The number of anilines is 2. The molecule has 0 radical (unpaired) electrons. The Morgan fingerprint density at radius 1 is 0.808 bits per heavy atom. The molecule has 1 atom stereocenters. The van der Waals surface area contributed by atoms with Gasteiger partial charge in [-0.15, -0.1) is 0 Å². The first-order valence-electron chi connectivity index (χ1n) is 9.97. The molecular weight excluding hydrogens is 340 g/mol. The van der Waals surface area contributed by atoms with Crippen LogP contribution in [-0.4, -0.2) is 30.6 Å². The number of unbranched alkanes of at least 4 members (excludes halogenated alkanes) is 1. The van der Waals surface area contributed by atoms with Crippen molar-refractivity contribution in [1.82, 2.24) is 4.90 Å². The van der Waals surface area contributed by atoms with E-state index in [9.17, 15) is 0 Å². The molecule has 0 N–H and O–H groups in total. The van der Waals surface area contributed by atoms with Crippen LogP contribution in [0.15, 0.2) is 54.6 Å². The third kappa shape index (κ3) is 6.34. The third-order valence-corrected chi connectivity index (χ3v) is 5.26. The van der Waals surface area contributed by atoms with Gasteiger partial charge in [-0.3, -0.25) is 0 Å². The average molecular weight is 373 g/mol. The molecule has 2 aromatic carbocycles. The van der Waals surface area contributed by atoms with Gasteiger partial charge in [-0.2, -0.15) is 0 Å². The molecule has 0 aromatic heterocycles. The molecule has 2 nitrogen and oxygen atoms in total. The zero-order chi connectivity index (χ0) is 18.8. The molecule has 142 valence electrons. The SMILES string of the molecule is CCCN(CCCCN(c1ccccc1)c1ccc(Cl)cc1)C(C)CC. The monoisotopic (exact) mass is 372 g/mol. The lowest BCUT2D eigenvalue weighted by atomic mass is 10.1. The Balaban J connectivity index is 1.98. The molecule has 0 saturated carbocycles. The number of hydrogen-bond acceptors (Lipinski definition) is 2. The van der Waals surface area contributed by atoms with E-state index in [1.807, 2.05) is 12.1 Å². The van der Waals surface area contributed by atoms with Crippen molar-refractivity contribution in [1.29, 1.82) is 0 Å². The normalized spacial score (nSPS) is 12.3. The van der Waals surface area contributed by atoms with Crippen LogP contribution in [0.3, 0.4) is 0 Å². The van der Waals surface area contributed by atoms with Crippen molar-refractivity contribution < 1.29 is 0 Å². The number of hydrogen-bond donors (Lipinski definition) is 0. The first-order valence-corrected chi connectivity index (χ1v) is 10.4. The second-order valence-corrected chi connectivity index (χ2v) is 7.40. The van der Waals surface area contributed by atoms with Gasteiger partial charge in [0.2, 0.25) is 0 Å². The maximum atomic E-state index is 6.07. The lowest BCUT2D eigenvalue weighted by Crippen LogP contribution is -2.34. The smallest absolute Gasteiger partial charge is 0.0411 e. The number of halogens is 1. The van der Waals surface area contributed by atoms with Gasteiger partial charge < -0.3 is 9.80 Å². The van der Waals surface area contributed by atoms with Crippen LogP contribution in [0.4, 0.5) is 11.4 Å². The summed E-state index contributed by atoms with van der Waals surface area (Å²) < 4.78 is 0. The molecule has 0 aliphatic carbocycles. The van der Waals surface area contributed by atoms with Crippen molar-refractivity contribution >= 4 is 23.0 Å². The lowest BCUT2D eigenvalue weighted by molar-refractivity contribution is 0.201. The summed E-state index contributed by atoms with van der Waals surface area (Å²) >= 11 is 6.07. The summed E-state index contributed by atoms with van der Waals surface area (Å²) in [5.41, 5.74) is 2.44. The van der Waals surface area contributed by atoms with Crippen molar-refractivity contribution in [3.63, 3.8) is 0 Å². The van der Waals surface area contributed by atoms with E-state index < -0.39 is 0 Å². The van der Waals surface area contributed by atoms with Crippen molar-refractivity contribution in [3.05, 3.63) is 59.6 Å². The zero-order valence-electron chi connectivity index (χ0n) is 16.5. The van der Waals surface area contributed by atoms with Gasteiger partial charge in [-0.05, 0) is 82.1 Å². The van der Waals surface area contributed by atoms with Crippen LogP contribution >= 0.6 is 11.6 Å². The van der Waals surface area contributed by atoms with Gasteiger partial charge in [0.15, 0.2) is 0 Å². The Kier molecular flexibility index (Phi) is 9.00. The predicted molar refractivity (Wildman–Crippen MR) is 116 cm³/mol. The van der Waals surface area contributed by atoms with Crippen LogP contribution < -0.4 is 4.90 Å². The molecule has 0 amide bonds. The van der Waals surface area contributed by atoms with Gasteiger partial charge in [0.1, 0.15) is 0 Å². The van der Waals surface area contributed by atoms with E-state index in [2.05, 4.69) is 73.0 Å². The summed E-state index contributed by atoms with van der Waals surface area (Å²) in [5, 5.41) is 0.783. The number of benzene rings is 2. The summed E-state index contributed by atoms with van der Waals surface area (Å²) in [6.07, 6.45) is 4.85. The molecule has 0 saturated heterocycles. The topological polar surface area (TPSA) is 6.48 Å². The average Bonchev–Trinajstić information content (AvgIpc) is 2.68. The Morgan fingerprint density at radius 2 is 1.42 bits per heavy atom. The van der Waals surface area contributed by atoms with Crippen LogP contribution in [-0.2, 0) is 0 Å². The Bertz CT molecular complexity index is 612. The summed E-state index contributed by atoms with van der Waals surface area (Å²) in [7, 11) is 0. The van der Waals surface area contributed by atoms with Gasteiger partial charge in [0.05, 0.1) is 0 Å². The molecule has 0 aliphatic heterocycles. The zero-order valence-corrected chi connectivity index (χ0v) is 17.3. The molecular formula is C23H33ClN2. The molecule has 0 bridgehead atoms. The highest BCUT2D eigenvalue weighted by molar-refractivity contribution is 6.30. The van der Waals surface area contributed by atoms with E-state index in [1.165, 1.54) is 50.1 Å². The fourth-order valence-corrected chi connectivity index (χ4v) is 3.45. The van der Waals surface area contributed by atoms with E-state index in [1.54, 1.807) is 0 Å². The Morgan fingerprint density at radius 3 is 2.04 bits per heavy atom. The second kappa shape index (κ2) is 11.3. The third-order valence-electron chi connectivity index (χ3n) is 5.01. The molecule has 3 heteroatoms. The molecule has 26 heavy (non-hydrogen) atoms. The van der Waals surface area contributed by atoms with Crippen molar-refractivity contribution in [2.75, 3.05) is 24.5 Å². The number of nitrogens with zero attached hydrogens (tertiary/aromatic N) is 2. The summed E-state index contributed by atoms with van der Waals surface area (Å²) in [5.74, 6) is 0. The first kappa shape index (κ1) is 20.8. The van der Waals surface area contributed by atoms with E-state index in [0.717, 1.165) is 11.6 Å². The molecule has 0 fully saturated rings. The standard InChI is InChI=1S/C23H33ClN2/c1-4-17-25(20(3)5-2)18-9-10-19-26(22-11-7-6-8-12-22)23-15-13-21(24)14-16-23/h6-8,11-16,20H,4-5,9-10,17-19H2,1-3H3. The van der Waals surface area contributed by atoms with Crippen molar-refractivity contribution in [2.24, 2.45) is 0 Å². The predicted octanol–water partition coefficient (Wildman–Crippen LogP) is 6.77. The van der Waals surface area contributed by atoms with Crippen LogP contribution in [0, 0.1) is 0 Å². The molecule has 0 spiro atoms. The fourth-order valence-electron chi connectivity index (χ4n) is 3.32. The van der Waals surface area contributed by atoms with Gasteiger partial charge in [0, 0.05) is 29.0 Å². The summed E-state index contributed by atoms with van der Waals surface area (Å²) in [6, 6.07) is 19.5. The van der Waals surface area contributed by atoms with Crippen molar-refractivity contribution in [3.8, 4) is 0 Å². The van der Waals surface area contributed by atoms with E-state index in [4.69, 9.17) is 11.6 Å². The minimum absolute atomic E-state index is 0.677. The molecule has 2 rings (SSSR count). The Labute approximate surface area is 164 Å². The van der Waals surface area contributed by atoms with Gasteiger partial charge >= 0.3 is 0 Å². The second-order valence-electron chi connectivity index (χ2n) is 6.96. The molecule has 2 aromatic rings. The van der Waals surface area contributed by atoms with Crippen LogP contribution in [0.25, 0.3) is 0 Å². The summed E-state index contributed by atoms with van der Waals surface area (Å²) in [6.45, 7) is 10.3. The highest BCUT2D eigenvalue weighted by atomic mass is 35.5. The van der Waals surface area contributed by atoms with Crippen LogP contribution in [0.5, 0.6) is 0 Å². The lowest BCUT2D eigenvalue weighted by Gasteiger charge is -2.29. The van der Waals surface area contributed by atoms with Gasteiger partial charge in [-0.25, -0.2) is 0 Å². The number of para-hydroxylation sites is 1. The molecule has 0 heterocycles. The highest BCUT2D eigenvalue weighted by Crippen LogP contribution is 2.27. The van der Waals surface area contributed by atoms with E-state index in [-0.39, 0.29) is 0 Å². The van der Waals surface area contributed by atoms with Crippen LogP contribution in [0.2, 0.25) is 5.02 Å². The highest BCUT2D eigenvalue weighted by Gasteiger charge is 2.12.